The fourth-order valence-corrected chi connectivity index (χ4v) is 1.90. The molecule has 0 saturated carbocycles. The fraction of sp³-hybridized carbons (Fsp3) is 0.333. The zero-order valence-electron chi connectivity index (χ0n) is 8.50. The van der Waals surface area contributed by atoms with Crippen molar-refractivity contribution >= 4 is 15.7 Å². The lowest BCUT2D eigenvalue weighted by atomic mass is 10.2. The standard InChI is InChI=1S/C9H11F2NO3S/c1-6-4-8(11)9(5-7(6)10)12-16(14,15)3-2-13/h4-5,12-13H,2-3H2,1H3. The summed E-state index contributed by atoms with van der Waals surface area (Å²) >= 11 is 0. The number of halogens is 2. The Kier molecular flexibility index (Phi) is 3.82. The quantitative estimate of drug-likeness (QED) is 0.839. The van der Waals surface area contributed by atoms with Crippen LogP contribution >= 0.6 is 0 Å². The van der Waals surface area contributed by atoms with Gasteiger partial charge in [0, 0.05) is 6.07 Å². The predicted octanol–water partition coefficient (Wildman–Crippen LogP) is 1.01. The molecule has 0 aliphatic carbocycles. The molecule has 0 aromatic heterocycles. The van der Waals surface area contributed by atoms with Crippen LogP contribution in [0.2, 0.25) is 0 Å². The minimum Gasteiger partial charge on any atom is -0.395 e. The van der Waals surface area contributed by atoms with Gasteiger partial charge in [-0.1, -0.05) is 0 Å². The molecule has 0 spiro atoms. The molecule has 90 valence electrons. The Morgan fingerprint density at radius 2 is 1.94 bits per heavy atom. The first-order valence-corrected chi connectivity index (χ1v) is 6.08. The predicted molar refractivity (Wildman–Crippen MR) is 55.6 cm³/mol. The first-order chi connectivity index (χ1) is 7.35. The summed E-state index contributed by atoms with van der Waals surface area (Å²) < 4.78 is 50.5. The molecule has 1 aromatic carbocycles. The smallest absolute Gasteiger partial charge is 0.235 e. The van der Waals surface area contributed by atoms with Gasteiger partial charge in [0.2, 0.25) is 10.0 Å². The highest BCUT2D eigenvalue weighted by atomic mass is 32.2. The van der Waals surface area contributed by atoms with Crippen molar-refractivity contribution in [3.63, 3.8) is 0 Å². The highest BCUT2D eigenvalue weighted by Gasteiger charge is 2.14. The molecule has 0 atom stereocenters. The number of hydrogen-bond donors (Lipinski definition) is 2. The van der Waals surface area contributed by atoms with Crippen LogP contribution in [0.3, 0.4) is 0 Å². The molecule has 1 aromatic rings. The van der Waals surface area contributed by atoms with Gasteiger partial charge in [-0.05, 0) is 18.6 Å². The van der Waals surface area contributed by atoms with Crippen LogP contribution in [0, 0.1) is 18.6 Å². The van der Waals surface area contributed by atoms with E-state index in [2.05, 4.69) is 0 Å². The SMILES string of the molecule is Cc1cc(F)c(NS(=O)(=O)CCO)cc1F. The highest BCUT2D eigenvalue weighted by molar-refractivity contribution is 7.92. The Balaban J connectivity index is 3.03. The average molecular weight is 251 g/mol. The Labute approximate surface area is 92.0 Å². The van der Waals surface area contributed by atoms with E-state index in [1.807, 2.05) is 4.72 Å². The van der Waals surface area contributed by atoms with Crippen molar-refractivity contribution < 1.29 is 22.3 Å². The lowest BCUT2D eigenvalue weighted by Crippen LogP contribution is -2.19. The van der Waals surface area contributed by atoms with Gasteiger partial charge in [-0.2, -0.15) is 0 Å². The number of aryl methyl sites for hydroxylation is 1. The largest absolute Gasteiger partial charge is 0.395 e. The molecule has 0 saturated heterocycles. The second kappa shape index (κ2) is 4.75. The summed E-state index contributed by atoms with van der Waals surface area (Å²) in [6.45, 7) is 0.774. The van der Waals surface area contributed by atoms with Crippen LogP contribution in [-0.2, 0) is 10.0 Å². The number of nitrogens with one attached hydrogen (secondary N) is 1. The maximum Gasteiger partial charge on any atom is 0.235 e. The Bertz CT molecular complexity index is 488. The zero-order chi connectivity index (χ0) is 12.3. The van der Waals surface area contributed by atoms with Gasteiger partial charge in [-0.15, -0.1) is 0 Å². The van der Waals surface area contributed by atoms with Gasteiger partial charge in [0.25, 0.3) is 0 Å². The van der Waals surface area contributed by atoms with Gasteiger partial charge in [0.1, 0.15) is 11.6 Å². The molecule has 2 N–H and O–H groups in total. The van der Waals surface area contributed by atoms with Crippen LogP contribution in [0.5, 0.6) is 0 Å². The third-order valence-electron chi connectivity index (χ3n) is 1.87. The van der Waals surface area contributed by atoms with Gasteiger partial charge in [-0.25, -0.2) is 17.2 Å². The van der Waals surface area contributed by atoms with Crippen molar-refractivity contribution in [2.24, 2.45) is 0 Å². The van der Waals surface area contributed by atoms with Crippen molar-refractivity contribution in [1.29, 1.82) is 0 Å². The van der Waals surface area contributed by atoms with Gasteiger partial charge in [-0.3, -0.25) is 4.72 Å². The number of hydrogen-bond acceptors (Lipinski definition) is 3. The number of sulfonamides is 1. The maximum atomic E-state index is 13.2. The number of aliphatic hydroxyl groups is 1. The summed E-state index contributed by atoms with van der Waals surface area (Å²) in [5, 5.41) is 8.46. The van der Waals surface area contributed by atoms with Crippen LogP contribution in [0.1, 0.15) is 5.56 Å². The van der Waals surface area contributed by atoms with Crippen molar-refractivity contribution in [1.82, 2.24) is 0 Å². The van der Waals surface area contributed by atoms with E-state index in [-0.39, 0.29) is 5.56 Å². The number of aliphatic hydroxyl groups excluding tert-OH is 1. The minimum atomic E-state index is -3.84. The van der Waals surface area contributed by atoms with Crippen molar-refractivity contribution in [3.05, 3.63) is 29.3 Å². The van der Waals surface area contributed by atoms with Crippen LogP contribution in [0.25, 0.3) is 0 Å². The Hall–Kier alpha value is -1.21. The van der Waals surface area contributed by atoms with E-state index >= 15 is 0 Å². The van der Waals surface area contributed by atoms with E-state index in [0.29, 0.717) is 0 Å². The third kappa shape index (κ3) is 3.14. The Morgan fingerprint density at radius 3 is 2.50 bits per heavy atom. The van der Waals surface area contributed by atoms with E-state index in [0.717, 1.165) is 12.1 Å². The van der Waals surface area contributed by atoms with E-state index in [4.69, 9.17) is 5.11 Å². The molecule has 0 aliphatic heterocycles. The highest BCUT2D eigenvalue weighted by Crippen LogP contribution is 2.19. The van der Waals surface area contributed by atoms with Gasteiger partial charge in [0.15, 0.2) is 0 Å². The summed E-state index contributed by atoms with van der Waals surface area (Å²) in [5.41, 5.74) is -0.376. The molecule has 16 heavy (non-hydrogen) atoms. The summed E-state index contributed by atoms with van der Waals surface area (Å²) in [5.74, 6) is -2.13. The molecule has 0 radical (unpaired) electrons. The van der Waals surface area contributed by atoms with Gasteiger partial charge < -0.3 is 5.11 Å². The molecule has 1 rings (SSSR count). The lowest BCUT2D eigenvalue weighted by molar-refractivity contribution is 0.320. The molecule has 7 heteroatoms. The van der Waals surface area contributed by atoms with Crippen LogP contribution in [0.4, 0.5) is 14.5 Å². The molecule has 0 fully saturated rings. The molecule has 4 nitrogen and oxygen atoms in total. The molecular formula is C9H11F2NO3S. The fourth-order valence-electron chi connectivity index (χ4n) is 1.06. The van der Waals surface area contributed by atoms with Crippen LogP contribution < -0.4 is 4.72 Å². The average Bonchev–Trinajstić information content (AvgIpc) is 2.13. The normalized spacial score (nSPS) is 11.5. The molecule has 0 bridgehead atoms. The van der Waals surface area contributed by atoms with E-state index < -0.39 is 39.7 Å². The maximum absolute atomic E-state index is 13.2. The number of benzene rings is 1. The van der Waals surface area contributed by atoms with Crippen molar-refractivity contribution in [3.8, 4) is 0 Å². The second-order valence-corrected chi connectivity index (χ2v) is 5.07. The summed E-state index contributed by atoms with van der Waals surface area (Å²) in [6, 6.07) is 1.66. The van der Waals surface area contributed by atoms with Crippen molar-refractivity contribution in [2.45, 2.75) is 6.92 Å². The molecule has 0 heterocycles. The van der Waals surface area contributed by atoms with Crippen LogP contribution in [0.15, 0.2) is 12.1 Å². The minimum absolute atomic E-state index is 0.0857. The van der Waals surface area contributed by atoms with E-state index in [1.54, 1.807) is 0 Å². The summed E-state index contributed by atoms with van der Waals surface area (Å²) in [6.07, 6.45) is 0. The van der Waals surface area contributed by atoms with Gasteiger partial charge >= 0.3 is 0 Å². The molecular weight excluding hydrogens is 240 g/mol. The number of anilines is 1. The number of rotatable bonds is 4. The van der Waals surface area contributed by atoms with Crippen molar-refractivity contribution in [2.75, 3.05) is 17.1 Å². The van der Waals surface area contributed by atoms with Crippen LogP contribution in [-0.4, -0.2) is 25.9 Å². The monoisotopic (exact) mass is 251 g/mol. The third-order valence-corrected chi connectivity index (χ3v) is 3.12. The first-order valence-electron chi connectivity index (χ1n) is 4.43. The second-order valence-electron chi connectivity index (χ2n) is 3.23. The Morgan fingerprint density at radius 1 is 1.31 bits per heavy atom. The molecule has 0 amide bonds. The van der Waals surface area contributed by atoms with E-state index in [9.17, 15) is 17.2 Å². The molecule has 0 unspecified atom stereocenters. The lowest BCUT2D eigenvalue weighted by Gasteiger charge is -2.08. The summed E-state index contributed by atoms with van der Waals surface area (Å²) in [4.78, 5) is 0. The zero-order valence-corrected chi connectivity index (χ0v) is 9.31. The van der Waals surface area contributed by atoms with Gasteiger partial charge in [0.05, 0.1) is 18.0 Å². The first kappa shape index (κ1) is 12.9. The topological polar surface area (TPSA) is 66.4 Å². The molecule has 0 aliphatic rings. The van der Waals surface area contributed by atoms with E-state index in [1.165, 1.54) is 6.92 Å². The summed E-state index contributed by atoms with van der Waals surface area (Å²) in [7, 11) is -3.84.